The van der Waals surface area contributed by atoms with Gasteiger partial charge in [-0.2, -0.15) is 0 Å². The summed E-state index contributed by atoms with van der Waals surface area (Å²) in [6, 6.07) is 7.25. The van der Waals surface area contributed by atoms with Crippen LogP contribution in [0.1, 0.15) is 55.3 Å². The van der Waals surface area contributed by atoms with Gasteiger partial charge in [-0.05, 0) is 57.5 Å². The lowest BCUT2D eigenvalue weighted by Crippen LogP contribution is -2.30. The van der Waals surface area contributed by atoms with E-state index >= 15 is 0 Å². The van der Waals surface area contributed by atoms with E-state index < -0.39 is 0 Å². The quantitative estimate of drug-likeness (QED) is 0.542. The van der Waals surface area contributed by atoms with Crippen molar-refractivity contribution in [2.24, 2.45) is 0 Å². The molecule has 0 aromatic heterocycles. The van der Waals surface area contributed by atoms with Crippen LogP contribution in [-0.4, -0.2) is 30.3 Å². The van der Waals surface area contributed by atoms with Gasteiger partial charge in [-0.15, -0.1) is 0 Å². The van der Waals surface area contributed by atoms with E-state index in [1.54, 1.807) is 12.1 Å². The van der Waals surface area contributed by atoms with Crippen LogP contribution >= 0.6 is 11.6 Å². The molecule has 1 fully saturated rings. The highest BCUT2D eigenvalue weighted by molar-refractivity contribution is 6.31. The normalized spacial score (nSPS) is 16.2. The van der Waals surface area contributed by atoms with Crippen molar-refractivity contribution >= 4 is 17.4 Å². The molecule has 110 valence electrons. The summed E-state index contributed by atoms with van der Waals surface area (Å²) < 4.78 is 0. The number of nitrogens with zero attached hydrogens (tertiary/aromatic N) is 1. The lowest BCUT2D eigenvalue weighted by Gasteiger charge is -2.26. The largest absolute Gasteiger partial charge is 0.303 e. The Morgan fingerprint density at radius 1 is 1.10 bits per heavy atom. The molecule has 1 aromatic carbocycles. The van der Waals surface area contributed by atoms with Gasteiger partial charge >= 0.3 is 0 Å². The van der Waals surface area contributed by atoms with Gasteiger partial charge in [0.15, 0.2) is 5.78 Å². The van der Waals surface area contributed by atoms with Crippen molar-refractivity contribution in [2.45, 2.75) is 44.9 Å². The molecular weight excluding hydrogens is 270 g/mol. The van der Waals surface area contributed by atoms with E-state index in [0.29, 0.717) is 11.4 Å². The number of Topliss-reactive ketones (excluding diaryl/α,β-unsaturated/α-hetero) is 1. The number of benzene rings is 1. The van der Waals surface area contributed by atoms with Crippen LogP contribution in [0.3, 0.4) is 0 Å². The fourth-order valence-electron chi connectivity index (χ4n) is 2.79. The standard InChI is InChI=1S/C17H24ClNO/c18-16-9-7-8-15(14-16)17(20)10-3-1-4-11-19-12-5-2-6-13-19/h7-9,14H,1-6,10-13H2. The van der Waals surface area contributed by atoms with Crippen LogP contribution in [0.15, 0.2) is 24.3 Å². The molecule has 2 rings (SSSR count). The smallest absolute Gasteiger partial charge is 0.162 e. The molecule has 1 heterocycles. The molecule has 0 aliphatic carbocycles. The summed E-state index contributed by atoms with van der Waals surface area (Å²) in [6.07, 6.45) is 8.08. The summed E-state index contributed by atoms with van der Waals surface area (Å²) in [5.41, 5.74) is 0.744. The average Bonchev–Trinajstić information content (AvgIpc) is 2.48. The third-order valence-electron chi connectivity index (χ3n) is 3.97. The predicted octanol–water partition coefficient (Wildman–Crippen LogP) is 4.57. The van der Waals surface area contributed by atoms with Crippen molar-refractivity contribution < 1.29 is 4.79 Å². The van der Waals surface area contributed by atoms with Crippen LogP contribution in [0.4, 0.5) is 0 Å². The van der Waals surface area contributed by atoms with Crippen molar-refractivity contribution in [1.82, 2.24) is 4.90 Å². The molecule has 1 aliphatic rings. The molecule has 20 heavy (non-hydrogen) atoms. The van der Waals surface area contributed by atoms with Gasteiger partial charge < -0.3 is 4.90 Å². The second-order valence-electron chi connectivity index (χ2n) is 5.65. The Balaban J connectivity index is 1.59. The Morgan fingerprint density at radius 2 is 1.90 bits per heavy atom. The Kier molecular flexibility index (Phi) is 6.55. The first-order chi connectivity index (χ1) is 9.75. The first-order valence-corrected chi connectivity index (χ1v) is 8.14. The number of piperidine rings is 1. The second kappa shape index (κ2) is 8.43. The summed E-state index contributed by atoms with van der Waals surface area (Å²) in [7, 11) is 0. The van der Waals surface area contributed by atoms with Crippen LogP contribution in [0.5, 0.6) is 0 Å². The predicted molar refractivity (Wildman–Crippen MR) is 84.5 cm³/mol. The fourth-order valence-corrected chi connectivity index (χ4v) is 2.98. The molecule has 0 bridgehead atoms. The highest BCUT2D eigenvalue weighted by Gasteiger charge is 2.09. The Morgan fingerprint density at radius 3 is 2.65 bits per heavy atom. The maximum atomic E-state index is 12.0. The van der Waals surface area contributed by atoms with Gasteiger partial charge in [-0.1, -0.05) is 36.6 Å². The molecule has 3 heteroatoms. The summed E-state index contributed by atoms with van der Waals surface area (Å²) in [6.45, 7) is 3.73. The average molecular weight is 294 g/mol. The lowest BCUT2D eigenvalue weighted by molar-refractivity contribution is 0.0978. The number of hydrogen-bond acceptors (Lipinski definition) is 2. The lowest BCUT2D eigenvalue weighted by atomic mass is 10.0. The summed E-state index contributed by atoms with van der Waals surface area (Å²) in [4.78, 5) is 14.6. The van der Waals surface area contributed by atoms with Crippen molar-refractivity contribution in [3.05, 3.63) is 34.9 Å². The van der Waals surface area contributed by atoms with Crippen molar-refractivity contribution in [3.63, 3.8) is 0 Å². The first-order valence-electron chi connectivity index (χ1n) is 7.77. The minimum atomic E-state index is 0.213. The van der Waals surface area contributed by atoms with Gasteiger partial charge in [0.05, 0.1) is 0 Å². The zero-order valence-electron chi connectivity index (χ0n) is 12.1. The number of carbonyl (C=O) groups excluding carboxylic acids is 1. The Labute approximate surface area is 127 Å². The van der Waals surface area contributed by atoms with Crippen LogP contribution in [0, 0.1) is 0 Å². The number of halogens is 1. The van der Waals surface area contributed by atoms with E-state index in [0.717, 1.165) is 18.4 Å². The SMILES string of the molecule is O=C(CCCCCN1CCCCC1)c1cccc(Cl)c1. The number of likely N-dealkylation sites (tertiary alicyclic amines) is 1. The van der Waals surface area contributed by atoms with Crippen LogP contribution in [0.2, 0.25) is 5.02 Å². The molecule has 0 atom stereocenters. The van der Waals surface area contributed by atoms with E-state index in [1.165, 1.54) is 45.3 Å². The van der Waals surface area contributed by atoms with Gasteiger partial charge in [0.25, 0.3) is 0 Å². The first kappa shape index (κ1) is 15.5. The molecular formula is C17H24ClNO. The number of rotatable bonds is 7. The third kappa shape index (κ3) is 5.26. The number of carbonyl (C=O) groups is 1. The molecule has 1 aromatic rings. The second-order valence-corrected chi connectivity index (χ2v) is 6.08. The van der Waals surface area contributed by atoms with Gasteiger partial charge in [-0.3, -0.25) is 4.79 Å². The Hall–Kier alpha value is -0.860. The van der Waals surface area contributed by atoms with Gasteiger partial charge in [-0.25, -0.2) is 0 Å². The number of ketones is 1. The molecule has 0 unspecified atom stereocenters. The van der Waals surface area contributed by atoms with Gasteiger partial charge in [0.1, 0.15) is 0 Å². The summed E-state index contributed by atoms with van der Waals surface area (Å²) >= 11 is 5.90. The molecule has 0 saturated carbocycles. The van der Waals surface area contributed by atoms with E-state index in [-0.39, 0.29) is 5.78 Å². The molecule has 0 N–H and O–H groups in total. The topological polar surface area (TPSA) is 20.3 Å². The van der Waals surface area contributed by atoms with E-state index in [4.69, 9.17) is 11.6 Å². The molecule has 0 radical (unpaired) electrons. The van der Waals surface area contributed by atoms with Crippen LogP contribution in [-0.2, 0) is 0 Å². The van der Waals surface area contributed by atoms with E-state index in [9.17, 15) is 4.79 Å². The van der Waals surface area contributed by atoms with E-state index in [2.05, 4.69) is 4.90 Å². The minimum Gasteiger partial charge on any atom is -0.303 e. The van der Waals surface area contributed by atoms with Crippen LogP contribution in [0.25, 0.3) is 0 Å². The molecule has 1 aliphatic heterocycles. The minimum absolute atomic E-state index is 0.213. The highest BCUT2D eigenvalue weighted by atomic mass is 35.5. The molecule has 0 spiro atoms. The maximum Gasteiger partial charge on any atom is 0.162 e. The van der Waals surface area contributed by atoms with E-state index in [1.807, 2.05) is 12.1 Å². The highest BCUT2D eigenvalue weighted by Crippen LogP contribution is 2.15. The molecule has 0 amide bonds. The van der Waals surface area contributed by atoms with Crippen molar-refractivity contribution in [1.29, 1.82) is 0 Å². The number of hydrogen-bond donors (Lipinski definition) is 0. The Bertz CT molecular complexity index is 427. The zero-order valence-corrected chi connectivity index (χ0v) is 12.9. The van der Waals surface area contributed by atoms with Crippen molar-refractivity contribution in [3.8, 4) is 0 Å². The van der Waals surface area contributed by atoms with Crippen molar-refractivity contribution in [2.75, 3.05) is 19.6 Å². The number of unbranched alkanes of at least 4 members (excludes halogenated alkanes) is 2. The summed E-state index contributed by atoms with van der Waals surface area (Å²) in [5.74, 6) is 0.213. The fraction of sp³-hybridized carbons (Fsp3) is 0.588. The monoisotopic (exact) mass is 293 g/mol. The zero-order chi connectivity index (χ0) is 14.2. The third-order valence-corrected chi connectivity index (χ3v) is 4.21. The molecule has 1 saturated heterocycles. The summed E-state index contributed by atoms with van der Waals surface area (Å²) in [5, 5.41) is 0.640. The van der Waals surface area contributed by atoms with Gasteiger partial charge in [0, 0.05) is 17.0 Å². The van der Waals surface area contributed by atoms with Gasteiger partial charge in [0.2, 0.25) is 0 Å². The van der Waals surface area contributed by atoms with Crippen LogP contribution < -0.4 is 0 Å². The molecule has 2 nitrogen and oxygen atoms in total. The maximum absolute atomic E-state index is 12.0.